The van der Waals surface area contributed by atoms with Gasteiger partial charge in [0.15, 0.2) is 0 Å². The number of carbonyl (C=O) groups excluding carboxylic acids is 1. The van der Waals surface area contributed by atoms with E-state index in [0.29, 0.717) is 17.0 Å². The Balaban J connectivity index is 1.73. The lowest BCUT2D eigenvalue weighted by atomic mass is 10.1. The van der Waals surface area contributed by atoms with Gasteiger partial charge in [0.05, 0.1) is 18.5 Å². The van der Waals surface area contributed by atoms with Crippen molar-refractivity contribution in [3.8, 4) is 11.5 Å². The van der Waals surface area contributed by atoms with Crippen LogP contribution in [-0.4, -0.2) is 18.1 Å². The minimum atomic E-state index is -0.271. The van der Waals surface area contributed by atoms with E-state index in [1.807, 2.05) is 54.6 Å². The van der Waals surface area contributed by atoms with Crippen LogP contribution in [0.25, 0.3) is 6.08 Å². The molecule has 1 amide bonds. The minimum Gasteiger partial charge on any atom is -0.508 e. The second-order valence-electron chi connectivity index (χ2n) is 5.79. The Bertz CT molecular complexity index is 953. The van der Waals surface area contributed by atoms with Crippen LogP contribution in [0.5, 0.6) is 11.5 Å². The molecule has 0 heterocycles. The van der Waals surface area contributed by atoms with Crippen molar-refractivity contribution in [1.82, 2.24) is 0 Å². The average molecular weight is 360 g/mol. The maximum Gasteiger partial charge on any atom is 0.248 e. The molecular weight excluding hydrogens is 340 g/mol. The van der Waals surface area contributed by atoms with Crippen molar-refractivity contribution in [2.45, 2.75) is 0 Å². The van der Waals surface area contributed by atoms with E-state index in [4.69, 9.17) is 4.74 Å². The standard InChI is InChI=1S/C22H20N2O3/c1-27-21-15-18(25)13-11-16(21)12-14-22(26)24-20-10-6-5-9-19(20)23-17-7-3-2-4-8-17/h2-15,23,25H,1H3,(H,24,26). The molecule has 0 aliphatic carbocycles. The lowest BCUT2D eigenvalue weighted by Gasteiger charge is -2.12. The topological polar surface area (TPSA) is 70.6 Å². The number of nitrogens with one attached hydrogen (secondary N) is 2. The molecular formula is C22H20N2O3. The molecule has 3 N–H and O–H groups in total. The fourth-order valence-corrected chi connectivity index (χ4v) is 2.56. The number of benzene rings is 3. The maximum atomic E-state index is 12.3. The van der Waals surface area contributed by atoms with Crippen LogP contribution in [0.4, 0.5) is 17.1 Å². The largest absolute Gasteiger partial charge is 0.508 e. The molecule has 0 aliphatic rings. The van der Waals surface area contributed by atoms with Gasteiger partial charge in [-0.25, -0.2) is 0 Å². The maximum absolute atomic E-state index is 12.3. The number of methoxy groups -OCH3 is 1. The Morgan fingerprint density at radius 2 is 1.67 bits per heavy atom. The average Bonchev–Trinajstić information content (AvgIpc) is 2.69. The third-order valence-corrected chi connectivity index (χ3v) is 3.87. The van der Waals surface area contributed by atoms with E-state index < -0.39 is 0 Å². The van der Waals surface area contributed by atoms with Crippen LogP contribution < -0.4 is 15.4 Å². The molecule has 0 saturated carbocycles. The summed E-state index contributed by atoms with van der Waals surface area (Å²) in [4.78, 5) is 12.3. The number of phenolic OH excluding ortho intramolecular Hbond substituents is 1. The van der Waals surface area contributed by atoms with Crippen LogP contribution in [0.2, 0.25) is 0 Å². The summed E-state index contributed by atoms with van der Waals surface area (Å²) < 4.78 is 5.21. The van der Waals surface area contributed by atoms with Crippen molar-refractivity contribution >= 4 is 29.0 Å². The van der Waals surface area contributed by atoms with E-state index in [1.165, 1.54) is 19.3 Å². The zero-order valence-electron chi connectivity index (χ0n) is 14.8. The molecule has 0 saturated heterocycles. The van der Waals surface area contributed by atoms with Crippen molar-refractivity contribution in [2.24, 2.45) is 0 Å². The number of amides is 1. The molecule has 3 rings (SSSR count). The van der Waals surface area contributed by atoms with E-state index in [9.17, 15) is 9.90 Å². The van der Waals surface area contributed by atoms with Crippen LogP contribution >= 0.6 is 0 Å². The van der Waals surface area contributed by atoms with E-state index in [0.717, 1.165) is 11.4 Å². The normalized spacial score (nSPS) is 10.6. The molecule has 5 nitrogen and oxygen atoms in total. The molecule has 0 aliphatic heterocycles. The molecule has 0 spiro atoms. The first-order chi connectivity index (χ1) is 13.2. The molecule has 27 heavy (non-hydrogen) atoms. The van der Waals surface area contributed by atoms with Gasteiger partial charge in [0, 0.05) is 23.4 Å². The van der Waals surface area contributed by atoms with Crippen LogP contribution in [-0.2, 0) is 4.79 Å². The number of anilines is 3. The Kier molecular flexibility index (Phi) is 5.74. The molecule has 3 aromatic rings. The Hall–Kier alpha value is -3.73. The lowest BCUT2D eigenvalue weighted by Crippen LogP contribution is -2.09. The Morgan fingerprint density at radius 3 is 2.41 bits per heavy atom. The smallest absolute Gasteiger partial charge is 0.248 e. The van der Waals surface area contributed by atoms with Gasteiger partial charge in [-0.2, -0.15) is 0 Å². The molecule has 136 valence electrons. The number of para-hydroxylation sites is 3. The molecule has 0 atom stereocenters. The highest BCUT2D eigenvalue weighted by molar-refractivity contribution is 6.04. The van der Waals surface area contributed by atoms with Gasteiger partial charge >= 0.3 is 0 Å². The predicted molar refractivity (Wildman–Crippen MR) is 108 cm³/mol. The van der Waals surface area contributed by atoms with E-state index in [2.05, 4.69) is 10.6 Å². The van der Waals surface area contributed by atoms with Gasteiger partial charge in [0.2, 0.25) is 5.91 Å². The van der Waals surface area contributed by atoms with Gasteiger partial charge in [0.1, 0.15) is 11.5 Å². The van der Waals surface area contributed by atoms with Crippen LogP contribution in [0.15, 0.2) is 78.9 Å². The van der Waals surface area contributed by atoms with Crippen molar-refractivity contribution in [2.75, 3.05) is 17.7 Å². The van der Waals surface area contributed by atoms with Gasteiger partial charge in [-0.1, -0.05) is 30.3 Å². The SMILES string of the molecule is COc1cc(O)ccc1C=CC(=O)Nc1ccccc1Nc1ccccc1. The molecule has 0 unspecified atom stereocenters. The summed E-state index contributed by atoms with van der Waals surface area (Å²) in [6.07, 6.45) is 3.06. The van der Waals surface area contributed by atoms with Crippen molar-refractivity contribution in [3.63, 3.8) is 0 Å². The van der Waals surface area contributed by atoms with Crippen molar-refractivity contribution < 1.29 is 14.6 Å². The highest BCUT2D eigenvalue weighted by atomic mass is 16.5. The number of hydrogen-bond donors (Lipinski definition) is 3. The van der Waals surface area contributed by atoms with Crippen LogP contribution in [0, 0.1) is 0 Å². The van der Waals surface area contributed by atoms with Crippen molar-refractivity contribution in [1.29, 1.82) is 0 Å². The fraction of sp³-hybridized carbons (Fsp3) is 0.0455. The second kappa shape index (κ2) is 8.58. The summed E-state index contributed by atoms with van der Waals surface area (Å²) in [5.41, 5.74) is 3.10. The molecule has 0 radical (unpaired) electrons. The second-order valence-corrected chi connectivity index (χ2v) is 5.79. The summed E-state index contributed by atoms with van der Waals surface area (Å²) in [5.74, 6) is 0.326. The van der Waals surface area contributed by atoms with Gasteiger partial charge in [-0.3, -0.25) is 4.79 Å². The van der Waals surface area contributed by atoms with Crippen LogP contribution in [0.1, 0.15) is 5.56 Å². The highest BCUT2D eigenvalue weighted by Crippen LogP contribution is 2.26. The number of carbonyl (C=O) groups is 1. The predicted octanol–water partition coefficient (Wildman–Crippen LogP) is 4.80. The summed E-state index contributed by atoms with van der Waals surface area (Å²) in [6.45, 7) is 0. The molecule has 5 heteroatoms. The third kappa shape index (κ3) is 4.89. The van der Waals surface area contributed by atoms with Gasteiger partial charge in [0.25, 0.3) is 0 Å². The molecule has 0 bridgehead atoms. The van der Waals surface area contributed by atoms with E-state index in [1.54, 1.807) is 18.2 Å². The number of rotatable bonds is 6. The monoisotopic (exact) mass is 360 g/mol. The van der Waals surface area contributed by atoms with E-state index >= 15 is 0 Å². The zero-order valence-corrected chi connectivity index (χ0v) is 14.8. The van der Waals surface area contributed by atoms with Gasteiger partial charge in [-0.05, 0) is 42.5 Å². The van der Waals surface area contributed by atoms with Crippen molar-refractivity contribution in [3.05, 3.63) is 84.4 Å². The lowest BCUT2D eigenvalue weighted by molar-refractivity contribution is -0.111. The van der Waals surface area contributed by atoms with Gasteiger partial charge < -0.3 is 20.5 Å². The van der Waals surface area contributed by atoms with E-state index in [-0.39, 0.29) is 11.7 Å². The zero-order chi connectivity index (χ0) is 19.1. The Labute approximate surface area is 157 Å². The molecule has 3 aromatic carbocycles. The molecule has 0 fully saturated rings. The Morgan fingerprint density at radius 1 is 0.963 bits per heavy atom. The first kappa shape index (κ1) is 18.1. The summed E-state index contributed by atoms with van der Waals surface area (Å²) in [5, 5.41) is 15.7. The number of hydrogen-bond acceptors (Lipinski definition) is 4. The fourth-order valence-electron chi connectivity index (χ4n) is 2.56. The first-order valence-electron chi connectivity index (χ1n) is 8.43. The minimum absolute atomic E-state index is 0.106. The summed E-state index contributed by atoms with van der Waals surface area (Å²) in [6, 6.07) is 21.9. The quantitative estimate of drug-likeness (QED) is 0.553. The summed E-state index contributed by atoms with van der Waals surface area (Å²) >= 11 is 0. The van der Waals surface area contributed by atoms with Gasteiger partial charge in [-0.15, -0.1) is 0 Å². The number of ether oxygens (including phenoxy) is 1. The highest BCUT2D eigenvalue weighted by Gasteiger charge is 2.06. The number of phenols is 1. The van der Waals surface area contributed by atoms with Crippen LogP contribution in [0.3, 0.4) is 0 Å². The third-order valence-electron chi connectivity index (χ3n) is 3.87. The molecule has 0 aromatic heterocycles. The number of aromatic hydroxyl groups is 1. The summed E-state index contributed by atoms with van der Waals surface area (Å²) in [7, 11) is 1.51. The first-order valence-corrected chi connectivity index (χ1v) is 8.43.